The van der Waals surface area contributed by atoms with E-state index in [4.69, 9.17) is 0 Å². The number of hydrogen-bond donors (Lipinski definition) is 0. The van der Waals surface area contributed by atoms with Crippen LogP contribution in [0.25, 0.3) is 0 Å². The van der Waals surface area contributed by atoms with Crippen molar-refractivity contribution in [2.75, 3.05) is 13.7 Å². The molecule has 0 unspecified atom stereocenters. The summed E-state index contributed by atoms with van der Waals surface area (Å²) in [7, 11) is 1.40. The van der Waals surface area contributed by atoms with E-state index in [1.165, 1.54) is 7.11 Å². The summed E-state index contributed by atoms with van der Waals surface area (Å²) in [5.41, 5.74) is 0.548. The van der Waals surface area contributed by atoms with Crippen molar-refractivity contribution in [1.82, 2.24) is 0 Å². The Morgan fingerprint density at radius 1 is 1.47 bits per heavy atom. The Morgan fingerprint density at radius 3 is 2.65 bits per heavy atom. The first-order valence-corrected chi connectivity index (χ1v) is 5.47. The summed E-state index contributed by atoms with van der Waals surface area (Å²) < 4.78 is 6.35. The molecule has 0 saturated heterocycles. The summed E-state index contributed by atoms with van der Waals surface area (Å²) in [5.74, 6) is -0.288. The highest BCUT2D eigenvalue weighted by atomic mass is 16.5. The smallest absolute Gasteiger partial charge is 0.551 e. The first-order chi connectivity index (χ1) is 8.17. The average Bonchev–Trinajstić information content (AvgIpc) is 2.36. The highest BCUT2D eigenvalue weighted by Crippen LogP contribution is 1.95. The van der Waals surface area contributed by atoms with Crippen LogP contribution in [-0.2, 0) is 11.3 Å². The van der Waals surface area contributed by atoms with E-state index in [-0.39, 0.29) is 18.4 Å². The lowest BCUT2D eigenvalue weighted by molar-refractivity contribution is -0.684. The van der Waals surface area contributed by atoms with Gasteiger partial charge < -0.3 is 19.6 Å². The summed E-state index contributed by atoms with van der Waals surface area (Å²) in [6.07, 6.45) is 4.25. The number of nitrogens with zero attached hydrogens (tertiary/aromatic N) is 2. The lowest BCUT2D eigenvalue weighted by Crippen LogP contribution is -2.38. The third-order valence-corrected chi connectivity index (χ3v) is 2.17. The Hall–Kier alpha value is -1.91. The maximum absolute atomic E-state index is 11.5. The predicted molar refractivity (Wildman–Crippen MR) is 62.3 cm³/mol. The van der Waals surface area contributed by atoms with Crippen LogP contribution in [0.4, 0.5) is 0 Å². The molecule has 0 fully saturated rings. The van der Waals surface area contributed by atoms with Crippen molar-refractivity contribution in [1.29, 1.82) is 0 Å². The molecule has 5 heteroatoms. The van der Waals surface area contributed by atoms with Gasteiger partial charge in [-0.15, -0.1) is 0 Å². The minimum absolute atomic E-state index is 0.0789. The van der Waals surface area contributed by atoms with Crippen molar-refractivity contribution in [3.05, 3.63) is 30.1 Å². The minimum atomic E-state index is -0.209. The van der Waals surface area contributed by atoms with Gasteiger partial charge in [-0.05, 0) is 17.9 Å². The van der Waals surface area contributed by atoms with Gasteiger partial charge in [-0.25, -0.2) is 0 Å². The largest absolute Gasteiger partial charge is 0.858 e. The Kier molecular flexibility index (Phi) is 5.13. The van der Waals surface area contributed by atoms with Gasteiger partial charge in [0.15, 0.2) is 19.5 Å². The zero-order valence-corrected chi connectivity index (χ0v) is 10.1. The van der Waals surface area contributed by atoms with Gasteiger partial charge >= 0.3 is 12.5 Å². The lowest BCUT2D eigenvalue weighted by Gasteiger charge is -2.09. The van der Waals surface area contributed by atoms with E-state index in [1.807, 2.05) is 6.92 Å². The van der Waals surface area contributed by atoms with Crippen molar-refractivity contribution in [3.8, 4) is 0 Å². The summed E-state index contributed by atoms with van der Waals surface area (Å²) in [6.45, 7) is 2.77. The van der Waals surface area contributed by atoms with Crippen LogP contribution in [0.5, 0.6) is 0 Å². The molecule has 0 amide bonds. The molecule has 0 spiro atoms. The van der Waals surface area contributed by atoms with E-state index in [1.54, 1.807) is 29.1 Å². The molecular weight excluding hydrogens is 220 g/mol. The average molecular weight is 237 g/mol. The number of rotatable bonds is 5. The van der Waals surface area contributed by atoms with E-state index >= 15 is 0 Å². The highest BCUT2D eigenvalue weighted by molar-refractivity contribution is 5.90. The second-order valence-corrected chi connectivity index (χ2v) is 3.54. The van der Waals surface area contributed by atoms with Crippen molar-refractivity contribution < 1.29 is 19.2 Å². The molecule has 0 bridgehead atoms. The van der Waals surface area contributed by atoms with Gasteiger partial charge in [-0.1, -0.05) is 6.92 Å². The fourth-order valence-corrected chi connectivity index (χ4v) is 1.23. The molecule has 92 valence electrons. The lowest BCUT2D eigenvalue weighted by atomic mass is 10.2. The molecule has 5 nitrogen and oxygen atoms in total. The van der Waals surface area contributed by atoms with Crippen LogP contribution < -0.4 is 9.67 Å². The fourth-order valence-electron chi connectivity index (χ4n) is 1.23. The van der Waals surface area contributed by atoms with Crippen LogP contribution in [0.15, 0.2) is 29.5 Å². The molecule has 0 aliphatic carbocycles. The number of aromatic nitrogens is 1. The Bertz CT molecular complexity index is 399. The third-order valence-electron chi connectivity index (χ3n) is 2.17. The van der Waals surface area contributed by atoms with Crippen molar-refractivity contribution in [3.63, 3.8) is 0 Å². The monoisotopic (exact) mass is 237 g/mol. The standard InChI is InChI=1S/C12H16N2O3/c1-3-6-13-12(16)10-4-7-14(8-5-10)9-11(15)17-2/h4-5,7-8H,3,6,9H2,1-2H3/p+1. The third kappa shape index (κ3) is 4.22. The molecular formula is C12H17N2O3+. The Labute approximate surface area is 100 Å². The molecule has 0 aromatic carbocycles. The molecule has 0 aliphatic heterocycles. The van der Waals surface area contributed by atoms with Crippen molar-refractivity contribution >= 4 is 11.9 Å². The molecule has 1 aromatic heterocycles. The normalized spacial score (nSPS) is 11.3. The van der Waals surface area contributed by atoms with Crippen LogP contribution in [-0.4, -0.2) is 30.3 Å². The summed E-state index contributed by atoms with van der Waals surface area (Å²) in [4.78, 5) is 13.1. The number of pyridine rings is 1. The fraction of sp³-hybridized carbons (Fsp3) is 0.417. The molecule has 1 N–H and O–H groups in total. The van der Waals surface area contributed by atoms with Gasteiger partial charge in [0.1, 0.15) is 0 Å². The van der Waals surface area contributed by atoms with Gasteiger partial charge in [0.05, 0.1) is 0 Å². The SMILES string of the molecule is CCCN=C([O-])c1cc[n+](CC(=[OH+])OC)cc1. The number of esters is 1. The second-order valence-electron chi connectivity index (χ2n) is 3.54. The summed E-state index contributed by atoms with van der Waals surface area (Å²) in [5, 5.41) is 11.5. The zero-order valence-electron chi connectivity index (χ0n) is 10.1. The highest BCUT2D eigenvalue weighted by Gasteiger charge is 2.15. The maximum atomic E-state index is 11.5. The number of ether oxygens (including phenoxy) is 1. The Morgan fingerprint density at radius 2 is 2.12 bits per heavy atom. The van der Waals surface area contributed by atoms with E-state index in [0.717, 1.165) is 6.42 Å². The number of hydrogen-bond acceptors (Lipinski definition) is 3. The molecule has 1 aromatic rings. The molecule has 17 heavy (non-hydrogen) atoms. The molecule has 0 radical (unpaired) electrons. The predicted octanol–water partition coefficient (Wildman–Crippen LogP) is -0.360. The summed E-state index contributed by atoms with van der Waals surface area (Å²) >= 11 is 0. The molecule has 0 aliphatic rings. The molecule has 0 atom stereocenters. The van der Waals surface area contributed by atoms with Crippen LogP contribution in [0.2, 0.25) is 0 Å². The molecule has 0 saturated carbocycles. The first kappa shape index (κ1) is 13.2. The van der Waals surface area contributed by atoms with E-state index in [2.05, 4.69) is 9.73 Å². The number of carbonyl (C=O) groups excluding carboxylic acids is 1. The maximum Gasteiger partial charge on any atom is 0.551 e. The van der Waals surface area contributed by atoms with Gasteiger partial charge in [-0.3, -0.25) is 0 Å². The van der Waals surface area contributed by atoms with Crippen LogP contribution >= 0.6 is 0 Å². The Balaban J connectivity index is 2.70. The van der Waals surface area contributed by atoms with Gasteiger partial charge in [0, 0.05) is 18.7 Å². The molecule has 1 rings (SSSR count). The van der Waals surface area contributed by atoms with Crippen molar-refractivity contribution in [2.24, 2.45) is 4.99 Å². The minimum Gasteiger partial charge on any atom is -0.858 e. The summed E-state index contributed by atoms with van der Waals surface area (Å²) in [6, 6.07) is 3.34. The molecule has 1 heterocycles. The van der Waals surface area contributed by atoms with E-state index in [9.17, 15) is 9.90 Å². The first-order valence-electron chi connectivity index (χ1n) is 5.47. The quantitative estimate of drug-likeness (QED) is 0.231. The van der Waals surface area contributed by atoms with Gasteiger partial charge in [0.2, 0.25) is 0 Å². The van der Waals surface area contributed by atoms with E-state index < -0.39 is 0 Å². The number of methoxy groups -OCH3 is 1. The number of aliphatic imine (C=N–C) groups is 1. The zero-order chi connectivity index (χ0) is 12.7. The topological polar surface area (TPSA) is 69.9 Å². The van der Waals surface area contributed by atoms with Gasteiger partial charge in [0.25, 0.3) is 0 Å². The van der Waals surface area contributed by atoms with Crippen LogP contribution in [0.3, 0.4) is 0 Å². The second kappa shape index (κ2) is 6.62. The van der Waals surface area contributed by atoms with Crippen LogP contribution in [0, 0.1) is 0 Å². The van der Waals surface area contributed by atoms with E-state index in [0.29, 0.717) is 12.1 Å². The van der Waals surface area contributed by atoms with Gasteiger partial charge in [-0.2, -0.15) is 4.57 Å². The van der Waals surface area contributed by atoms with Crippen molar-refractivity contribution in [2.45, 2.75) is 19.9 Å². The van der Waals surface area contributed by atoms with Crippen LogP contribution in [0.1, 0.15) is 18.9 Å².